The van der Waals surface area contributed by atoms with Crippen LogP contribution in [0.1, 0.15) is 35.3 Å². The lowest BCUT2D eigenvalue weighted by Gasteiger charge is -2.17. The second kappa shape index (κ2) is 5.71. The second-order valence-corrected chi connectivity index (χ2v) is 4.89. The Balaban J connectivity index is 2.05. The van der Waals surface area contributed by atoms with Gasteiger partial charge in [0, 0.05) is 12.2 Å². The molecule has 1 aliphatic rings. The fraction of sp³-hybridized carbons (Fsp3) is 0.462. The molecule has 0 aliphatic heterocycles. The number of aliphatic carboxylic acids is 1. The van der Waals surface area contributed by atoms with Gasteiger partial charge < -0.3 is 10.4 Å². The molecule has 5 nitrogen and oxygen atoms in total. The number of nitrogens with zero attached hydrogens (tertiary/aromatic N) is 1. The van der Waals surface area contributed by atoms with E-state index in [9.17, 15) is 22.8 Å². The van der Waals surface area contributed by atoms with Crippen LogP contribution in [0.4, 0.5) is 13.2 Å². The number of aromatic nitrogens is 1. The molecule has 2 rings (SSSR count). The van der Waals surface area contributed by atoms with Crippen molar-refractivity contribution >= 4 is 11.9 Å². The van der Waals surface area contributed by atoms with E-state index >= 15 is 0 Å². The molecule has 1 fully saturated rings. The molecule has 0 saturated heterocycles. The maximum atomic E-state index is 12.4. The molecule has 1 aliphatic carbocycles. The number of carboxylic acids is 1. The number of carbonyl (C=O) groups is 2. The van der Waals surface area contributed by atoms with Crippen LogP contribution in [0, 0.1) is 5.92 Å². The van der Waals surface area contributed by atoms with E-state index in [0.29, 0.717) is 19.3 Å². The number of alkyl halides is 3. The smallest absolute Gasteiger partial charge is 0.433 e. The Morgan fingerprint density at radius 2 is 2.00 bits per heavy atom. The third-order valence-electron chi connectivity index (χ3n) is 3.47. The first kappa shape index (κ1) is 15.3. The van der Waals surface area contributed by atoms with Crippen LogP contribution < -0.4 is 5.32 Å². The number of carboxylic acid groups (broad SMARTS) is 1. The average Bonchev–Trinajstić information content (AvgIpc) is 2.86. The van der Waals surface area contributed by atoms with Gasteiger partial charge in [0.1, 0.15) is 5.69 Å². The molecule has 1 aromatic rings. The van der Waals surface area contributed by atoms with Gasteiger partial charge in [0.15, 0.2) is 0 Å². The van der Waals surface area contributed by atoms with Crippen molar-refractivity contribution in [3.8, 4) is 0 Å². The molecular formula is C13H13F3N2O3. The maximum Gasteiger partial charge on any atom is 0.433 e. The summed E-state index contributed by atoms with van der Waals surface area (Å²) in [5, 5.41) is 11.5. The summed E-state index contributed by atoms with van der Waals surface area (Å²) in [5.41, 5.74) is -1.11. The highest BCUT2D eigenvalue weighted by molar-refractivity contribution is 5.94. The molecule has 1 heterocycles. The normalized spacial score (nSPS) is 22.0. The largest absolute Gasteiger partial charge is 0.481 e. The van der Waals surface area contributed by atoms with Crippen molar-refractivity contribution in [3.63, 3.8) is 0 Å². The molecule has 0 unspecified atom stereocenters. The first-order valence-electron chi connectivity index (χ1n) is 6.36. The van der Waals surface area contributed by atoms with Crippen molar-refractivity contribution in [2.45, 2.75) is 31.5 Å². The van der Waals surface area contributed by atoms with Crippen molar-refractivity contribution in [1.29, 1.82) is 0 Å². The average molecular weight is 302 g/mol. The van der Waals surface area contributed by atoms with Crippen molar-refractivity contribution in [2.24, 2.45) is 5.92 Å². The van der Waals surface area contributed by atoms with Crippen LogP contribution in [-0.2, 0) is 11.0 Å². The van der Waals surface area contributed by atoms with E-state index in [-0.39, 0.29) is 5.56 Å². The SMILES string of the molecule is O=C(N[C@@H]1CCC[C@@H]1C(=O)O)c1ccc(C(F)(F)F)nc1. The van der Waals surface area contributed by atoms with Crippen molar-refractivity contribution in [1.82, 2.24) is 10.3 Å². The number of halogens is 3. The Hall–Kier alpha value is -2.12. The summed E-state index contributed by atoms with van der Waals surface area (Å²) in [4.78, 5) is 26.1. The number of nitrogens with one attached hydrogen (secondary N) is 1. The van der Waals surface area contributed by atoms with Gasteiger partial charge in [0.25, 0.3) is 5.91 Å². The number of rotatable bonds is 3. The molecule has 114 valence electrons. The summed E-state index contributed by atoms with van der Waals surface area (Å²) < 4.78 is 37.1. The maximum absolute atomic E-state index is 12.4. The first-order chi connectivity index (χ1) is 9.79. The number of amides is 1. The van der Waals surface area contributed by atoms with Gasteiger partial charge in [-0.25, -0.2) is 0 Å². The van der Waals surface area contributed by atoms with Gasteiger partial charge in [-0.05, 0) is 25.0 Å². The minimum absolute atomic E-state index is 0.0287. The van der Waals surface area contributed by atoms with Gasteiger partial charge in [-0.15, -0.1) is 0 Å². The molecule has 8 heteroatoms. The Bertz CT molecular complexity index is 543. The molecule has 0 bridgehead atoms. The molecule has 21 heavy (non-hydrogen) atoms. The minimum atomic E-state index is -4.56. The van der Waals surface area contributed by atoms with E-state index < -0.39 is 35.7 Å². The lowest BCUT2D eigenvalue weighted by atomic mass is 10.0. The Kier molecular flexibility index (Phi) is 4.15. The summed E-state index contributed by atoms with van der Waals surface area (Å²) in [6.07, 6.45) is -2.02. The summed E-state index contributed by atoms with van der Waals surface area (Å²) in [6, 6.07) is 1.24. The number of hydrogen-bond acceptors (Lipinski definition) is 3. The highest BCUT2D eigenvalue weighted by atomic mass is 19.4. The predicted molar refractivity (Wildman–Crippen MR) is 65.5 cm³/mol. The Morgan fingerprint density at radius 1 is 1.29 bits per heavy atom. The summed E-state index contributed by atoms with van der Waals surface area (Å²) in [5.74, 6) is -2.26. The molecule has 0 radical (unpaired) electrons. The van der Waals surface area contributed by atoms with Crippen molar-refractivity contribution in [3.05, 3.63) is 29.6 Å². The zero-order chi connectivity index (χ0) is 15.6. The molecule has 1 amide bonds. The van der Waals surface area contributed by atoms with E-state index in [2.05, 4.69) is 10.3 Å². The van der Waals surface area contributed by atoms with Crippen LogP contribution in [0.5, 0.6) is 0 Å². The lowest BCUT2D eigenvalue weighted by Crippen LogP contribution is -2.40. The lowest BCUT2D eigenvalue weighted by molar-refractivity contribution is -0.142. The highest BCUT2D eigenvalue weighted by Gasteiger charge is 2.35. The molecule has 2 N–H and O–H groups in total. The van der Waals surface area contributed by atoms with Gasteiger partial charge >= 0.3 is 12.1 Å². The molecule has 0 spiro atoms. The van der Waals surface area contributed by atoms with E-state index in [1.54, 1.807) is 0 Å². The van der Waals surface area contributed by atoms with E-state index in [1.165, 1.54) is 0 Å². The minimum Gasteiger partial charge on any atom is -0.481 e. The second-order valence-electron chi connectivity index (χ2n) is 4.89. The molecular weight excluding hydrogens is 289 g/mol. The van der Waals surface area contributed by atoms with Crippen LogP contribution in [0.3, 0.4) is 0 Å². The van der Waals surface area contributed by atoms with Crippen LogP contribution in [0.25, 0.3) is 0 Å². The van der Waals surface area contributed by atoms with E-state index in [1.807, 2.05) is 0 Å². The third kappa shape index (κ3) is 3.50. The molecule has 1 saturated carbocycles. The fourth-order valence-corrected chi connectivity index (χ4v) is 2.38. The number of pyridine rings is 1. The summed E-state index contributed by atoms with van der Waals surface area (Å²) in [6.45, 7) is 0. The quantitative estimate of drug-likeness (QED) is 0.896. The monoisotopic (exact) mass is 302 g/mol. The Morgan fingerprint density at radius 3 is 2.52 bits per heavy atom. The number of hydrogen-bond donors (Lipinski definition) is 2. The van der Waals surface area contributed by atoms with Gasteiger partial charge in [-0.2, -0.15) is 13.2 Å². The van der Waals surface area contributed by atoms with Crippen LogP contribution in [0.2, 0.25) is 0 Å². The van der Waals surface area contributed by atoms with E-state index in [0.717, 1.165) is 18.3 Å². The first-order valence-corrected chi connectivity index (χ1v) is 6.36. The van der Waals surface area contributed by atoms with Gasteiger partial charge in [0.2, 0.25) is 0 Å². The fourth-order valence-electron chi connectivity index (χ4n) is 2.38. The summed E-state index contributed by atoms with van der Waals surface area (Å²) >= 11 is 0. The third-order valence-corrected chi connectivity index (χ3v) is 3.47. The molecule has 0 aromatic carbocycles. The predicted octanol–water partition coefficient (Wildman–Crippen LogP) is 2.08. The molecule has 2 atom stereocenters. The van der Waals surface area contributed by atoms with Crippen LogP contribution >= 0.6 is 0 Å². The number of carbonyl (C=O) groups excluding carboxylic acids is 1. The van der Waals surface area contributed by atoms with Gasteiger partial charge in [-0.3, -0.25) is 14.6 Å². The summed E-state index contributed by atoms with van der Waals surface area (Å²) in [7, 11) is 0. The van der Waals surface area contributed by atoms with Crippen LogP contribution in [-0.4, -0.2) is 28.0 Å². The van der Waals surface area contributed by atoms with E-state index in [4.69, 9.17) is 5.11 Å². The van der Waals surface area contributed by atoms with Crippen molar-refractivity contribution < 1.29 is 27.9 Å². The molecule has 1 aromatic heterocycles. The van der Waals surface area contributed by atoms with Crippen molar-refractivity contribution in [2.75, 3.05) is 0 Å². The zero-order valence-corrected chi connectivity index (χ0v) is 10.9. The Labute approximate surface area is 118 Å². The topological polar surface area (TPSA) is 79.3 Å². The van der Waals surface area contributed by atoms with Gasteiger partial charge in [-0.1, -0.05) is 6.42 Å². The standard InChI is InChI=1S/C13H13F3N2O3/c14-13(15,16)10-5-4-7(6-17-10)11(19)18-9-3-1-2-8(9)12(20)21/h4-6,8-9H,1-3H2,(H,18,19)(H,20,21)/t8-,9+/m0/s1. The highest BCUT2D eigenvalue weighted by Crippen LogP contribution is 2.28. The van der Waals surface area contributed by atoms with Gasteiger partial charge in [0.05, 0.1) is 11.5 Å². The zero-order valence-electron chi connectivity index (χ0n) is 10.9. The van der Waals surface area contributed by atoms with Crippen LogP contribution in [0.15, 0.2) is 18.3 Å².